The molecular weight excluding hydrogens is 557 g/mol. The van der Waals surface area contributed by atoms with Gasteiger partial charge < -0.3 is 15.6 Å². The number of pyridine rings is 1. The topological polar surface area (TPSA) is 108 Å². The summed E-state index contributed by atoms with van der Waals surface area (Å²) in [7, 11) is 0. The number of rotatable bonds is 6. The lowest BCUT2D eigenvalue weighted by Gasteiger charge is -2.16. The zero-order valence-electron chi connectivity index (χ0n) is 19.0. The molecule has 0 radical (unpaired) electrons. The molecule has 35 heavy (non-hydrogen) atoms. The molecule has 7 nitrogen and oxygen atoms in total. The number of carbonyl (C=O) groups is 3. The molecule has 0 aliphatic rings. The second-order valence-corrected chi connectivity index (χ2v) is 9.14. The molecule has 176 valence electrons. The molecule has 0 unspecified atom stereocenters. The van der Waals surface area contributed by atoms with Crippen LogP contribution in [0, 0.1) is 3.57 Å². The number of H-pyrrole nitrogens is 1. The maximum Gasteiger partial charge on any atom is 0.251 e. The second-order valence-electron chi connectivity index (χ2n) is 8.07. The van der Waals surface area contributed by atoms with Crippen molar-refractivity contribution in [1.29, 1.82) is 0 Å². The number of nitrogens with one attached hydrogen (secondary N) is 3. The molecule has 3 aromatic carbocycles. The van der Waals surface area contributed by atoms with Gasteiger partial charge in [-0.3, -0.25) is 19.2 Å². The van der Waals surface area contributed by atoms with Crippen LogP contribution in [0.15, 0.2) is 77.7 Å². The standard InChI is InChI=1S/C27H22IN3O4/c1-15(30-27(35)19-10-8-18(9-11-19)17-6-4-3-5-7-17)26(34)31-22-13-12-21-23(24(22)28)25(33)20(14-29-21)16(2)32/h3-15H,1-2H3,(H,29,33)(H,30,35)(H,31,34)/t15-/m0/s1. The molecule has 0 bridgehead atoms. The maximum absolute atomic E-state index is 12.8. The molecule has 1 aromatic heterocycles. The molecule has 0 saturated carbocycles. The molecule has 0 saturated heterocycles. The number of aromatic amines is 1. The van der Waals surface area contributed by atoms with Crippen LogP contribution >= 0.6 is 22.6 Å². The van der Waals surface area contributed by atoms with E-state index < -0.39 is 17.4 Å². The summed E-state index contributed by atoms with van der Waals surface area (Å²) in [4.78, 5) is 52.9. The first kappa shape index (κ1) is 24.3. The fourth-order valence-corrected chi connectivity index (χ4v) is 4.51. The normalized spacial score (nSPS) is 11.6. The van der Waals surface area contributed by atoms with Crippen LogP contribution in [-0.4, -0.2) is 28.6 Å². The minimum atomic E-state index is -0.829. The molecule has 1 atom stereocenters. The number of fused-ring (bicyclic) bond motifs is 1. The van der Waals surface area contributed by atoms with E-state index in [-0.39, 0.29) is 17.3 Å². The van der Waals surface area contributed by atoms with Gasteiger partial charge in [0.2, 0.25) is 11.3 Å². The van der Waals surface area contributed by atoms with Gasteiger partial charge >= 0.3 is 0 Å². The summed E-state index contributed by atoms with van der Waals surface area (Å²) in [5.41, 5.74) is 3.11. The quantitative estimate of drug-likeness (QED) is 0.226. The van der Waals surface area contributed by atoms with Gasteiger partial charge in [-0.1, -0.05) is 42.5 Å². The van der Waals surface area contributed by atoms with Crippen molar-refractivity contribution in [1.82, 2.24) is 10.3 Å². The van der Waals surface area contributed by atoms with Crippen LogP contribution in [0.5, 0.6) is 0 Å². The smallest absolute Gasteiger partial charge is 0.251 e. The predicted molar refractivity (Wildman–Crippen MR) is 145 cm³/mol. The lowest BCUT2D eigenvalue weighted by atomic mass is 10.0. The summed E-state index contributed by atoms with van der Waals surface area (Å²) in [6, 6.07) is 19.5. The molecular formula is C27H22IN3O4. The van der Waals surface area contributed by atoms with Crippen molar-refractivity contribution in [2.24, 2.45) is 0 Å². The highest BCUT2D eigenvalue weighted by Gasteiger charge is 2.20. The van der Waals surface area contributed by atoms with Crippen molar-refractivity contribution in [2.45, 2.75) is 19.9 Å². The fourth-order valence-electron chi connectivity index (χ4n) is 3.66. The van der Waals surface area contributed by atoms with Crippen LogP contribution in [0.3, 0.4) is 0 Å². The van der Waals surface area contributed by atoms with Crippen LogP contribution in [-0.2, 0) is 4.79 Å². The van der Waals surface area contributed by atoms with E-state index in [4.69, 9.17) is 0 Å². The highest BCUT2D eigenvalue weighted by molar-refractivity contribution is 14.1. The summed E-state index contributed by atoms with van der Waals surface area (Å²) < 4.78 is 0.507. The van der Waals surface area contributed by atoms with Crippen LogP contribution in [0.4, 0.5) is 5.69 Å². The summed E-state index contributed by atoms with van der Waals surface area (Å²) in [6.45, 7) is 2.91. The van der Waals surface area contributed by atoms with Crippen LogP contribution in [0.25, 0.3) is 22.0 Å². The van der Waals surface area contributed by atoms with Gasteiger partial charge in [0.15, 0.2) is 5.78 Å². The van der Waals surface area contributed by atoms with Gasteiger partial charge in [0.25, 0.3) is 5.91 Å². The highest BCUT2D eigenvalue weighted by Crippen LogP contribution is 2.25. The summed E-state index contributed by atoms with van der Waals surface area (Å²) in [5, 5.41) is 5.79. The van der Waals surface area contributed by atoms with Gasteiger partial charge in [-0.05, 0) is 71.8 Å². The molecule has 3 N–H and O–H groups in total. The number of anilines is 1. The first-order valence-corrected chi connectivity index (χ1v) is 12.0. The van der Waals surface area contributed by atoms with Gasteiger partial charge in [0.1, 0.15) is 6.04 Å². The number of benzene rings is 3. The summed E-state index contributed by atoms with van der Waals surface area (Å²) in [5.74, 6) is -1.15. The SMILES string of the molecule is CC(=O)c1c[nH]c2ccc(NC(=O)[C@H](C)NC(=O)c3ccc(-c4ccccc4)cc3)c(I)c2c1=O. The van der Waals surface area contributed by atoms with E-state index in [1.165, 1.54) is 13.1 Å². The largest absolute Gasteiger partial charge is 0.360 e. The Balaban J connectivity index is 1.48. The Kier molecular flexibility index (Phi) is 7.11. The Morgan fingerprint density at radius 2 is 1.57 bits per heavy atom. The first-order valence-electron chi connectivity index (χ1n) is 10.9. The summed E-state index contributed by atoms with van der Waals surface area (Å²) >= 11 is 1.97. The fraction of sp³-hybridized carbons (Fsp3) is 0.111. The van der Waals surface area contributed by atoms with Crippen LogP contribution in [0.2, 0.25) is 0 Å². The van der Waals surface area contributed by atoms with Gasteiger partial charge in [0, 0.05) is 15.3 Å². The van der Waals surface area contributed by atoms with Crippen molar-refractivity contribution < 1.29 is 14.4 Å². The van der Waals surface area contributed by atoms with Crippen LogP contribution in [0.1, 0.15) is 34.6 Å². The van der Waals surface area contributed by atoms with Gasteiger partial charge in [-0.25, -0.2) is 0 Å². The van der Waals surface area contributed by atoms with Crippen molar-refractivity contribution in [3.05, 3.63) is 97.8 Å². The van der Waals surface area contributed by atoms with E-state index in [9.17, 15) is 19.2 Å². The molecule has 4 aromatic rings. The maximum atomic E-state index is 12.8. The van der Waals surface area contributed by atoms with Crippen molar-refractivity contribution in [3.63, 3.8) is 0 Å². The van der Waals surface area contributed by atoms with Gasteiger partial charge in [-0.15, -0.1) is 0 Å². The molecule has 0 aliphatic heterocycles. The number of hydrogen-bond donors (Lipinski definition) is 3. The third kappa shape index (κ3) is 5.17. The molecule has 0 fully saturated rings. The van der Waals surface area contributed by atoms with Crippen LogP contribution < -0.4 is 16.1 Å². The Hall–Kier alpha value is -3.79. The zero-order chi connectivity index (χ0) is 25.1. The zero-order valence-corrected chi connectivity index (χ0v) is 21.2. The predicted octanol–water partition coefficient (Wildman–Crippen LogP) is 4.76. The second kappa shape index (κ2) is 10.2. The lowest BCUT2D eigenvalue weighted by molar-refractivity contribution is -0.117. The lowest BCUT2D eigenvalue weighted by Crippen LogP contribution is -2.41. The molecule has 0 aliphatic carbocycles. The van der Waals surface area contributed by atoms with Crippen molar-refractivity contribution in [2.75, 3.05) is 5.32 Å². The molecule has 2 amide bonds. The molecule has 1 heterocycles. The van der Waals surface area contributed by atoms with E-state index >= 15 is 0 Å². The minimum absolute atomic E-state index is 0.0535. The van der Waals surface area contributed by atoms with E-state index in [0.717, 1.165) is 11.1 Å². The average Bonchev–Trinajstić information content (AvgIpc) is 2.86. The number of amides is 2. The number of hydrogen-bond acceptors (Lipinski definition) is 4. The monoisotopic (exact) mass is 579 g/mol. The third-order valence-corrected chi connectivity index (χ3v) is 6.74. The Morgan fingerprint density at radius 1 is 0.914 bits per heavy atom. The molecule has 4 rings (SSSR count). The summed E-state index contributed by atoms with van der Waals surface area (Å²) in [6.07, 6.45) is 1.39. The number of ketones is 1. The van der Waals surface area contributed by atoms with E-state index in [2.05, 4.69) is 15.6 Å². The van der Waals surface area contributed by atoms with Crippen molar-refractivity contribution in [3.8, 4) is 11.1 Å². The first-order chi connectivity index (χ1) is 16.8. The number of aromatic nitrogens is 1. The Labute approximate surface area is 215 Å². The molecule has 0 spiro atoms. The number of Topliss-reactive ketones (excluding diaryl/α,β-unsaturated/α-hetero) is 1. The van der Waals surface area contributed by atoms with E-state index in [1.807, 2.05) is 65.1 Å². The van der Waals surface area contributed by atoms with E-state index in [0.29, 0.717) is 25.7 Å². The van der Waals surface area contributed by atoms with E-state index in [1.54, 1.807) is 31.2 Å². The number of carbonyl (C=O) groups excluding carboxylic acids is 3. The average molecular weight is 579 g/mol. The number of halogens is 1. The molecule has 8 heteroatoms. The minimum Gasteiger partial charge on any atom is -0.360 e. The Morgan fingerprint density at radius 3 is 2.23 bits per heavy atom. The van der Waals surface area contributed by atoms with Gasteiger partial charge in [0.05, 0.1) is 22.2 Å². The van der Waals surface area contributed by atoms with Gasteiger partial charge in [-0.2, -0.15) is 0 Å². The Bertz CT molecular complexity index is 1500. The van der Waals surface area contributed by atoms with Crippen molar-refractivity contribution >= 4 is 56.8 Å². The third-order valence-electron chi connectivity index (χ3n) is 5.62. The highest BCUT2D eigenvalue weighted by atomic mass is 127.